The summed E-state index contributed by atoms with van der Waals surface area (Å²) in [6, 6.07) is 84.1. The van der Waals surface area contributed by atoms with Gasteiger partial charge in [0, 0.05) is 67.6 Å². The average molecular weight is 1160 g/mol. The fourth-order valence-electron chi connectivity index (χ4n) is 15.2. The lowest BCUT2D eigenvalue weighted by atomic mass is 9.35. The predicted octanol–water partition coefficient (Wildman–Crippen LogP) is 18.7. The maximum atomic E-state index is 7.20. The van der Waals surface area contributed by atoms with E-state index in [9.17, 15) is 0 Å². The molecule has 0 aliphatic carbocycles. The van der Waals surface area contributed by atoms with E-state index in [0.29, 0.717) is 17.8 Å². The highest BCUT2D eigenvalue weighted by molar-refractivity contribution is 7.00. The van der Waals surface area contributed by atoms with Crippen molar-refractivity contribution in [3.8, 4) is 0 Å². The van der Waals surface area contributed by atoms with E-state index in [0.717, 1.165) is 80.2 Å². The zero-order chi connectivity index (χ0) is 60.8. The Hall–Kier alpha value is -9.39. The van der Waals surface area contributed by atoms with Gasteiger partial charge in [-0.25, -0.2) is 0 Å². The van der Waals surface area contributed by atoms with Crippen LogP contribution in [0, 0.1) is 0 Å². The minimum Gasteiger partial charge on any atom is -0.468 e. The minimum absolute atomic E-state index is 0.0375. The second-order valence-electron chi connectivity index (χ2n) is 27.8. The molecule has 0 fully saturated rings. The third kappa shape index (κ3) is 8.68. The van der Waals surface area contributed by atoms with E-state index in [2.05, 4.69) is 313 Å². The zero-order valence-electron chi connectivity index (χ0n) is 52.8. The van der Waals surface area contributed by atoms with Gasteiger partial charge in [-0.15, -0.1) is 0 Å². The van der Waals surface area contributed by atoms with Crippen molar-refractivity contribution in [2.24, 2.45) is 0 Å². The van der Waals surface area contributed by atoms with Crippen molar-refractivity contribution in [3.05, 3.63) is 252 Å². The Bertz CT molecular complexity index is 4740. The molecule has 4 aliphatic heterocycles. The van der Waals surface area contributed by atoms with Crippen LogP contribution in [-0.2, 0) is 10.8 Å². The van der Waals surface area contributed by atoms with Crippen LogP contribution in [0.15, 0.2) is 233 Å². The van der Waals surface area contributed by atoms with Gasteiger partial charge in [0.1, 0.15) is 11.2 Å². The summed E-state index contributed by atoms with van der Waals surface area (Å²) in [4.78, 5) is 9.92. The van der Waals surface area contributed by atoms with Gasteiger partial charge < -0.3 is 28.4 Å². The summed E-state index contributed by atoms with van der Waals surface area (Å²) < 4.78 is 14.3. The molecule has 16 rings (SSSR count). The number of benzene rings is 10. The molecule has 0 bridgehead atoms. The highest BCUT2D eigenvalue weighted by Gasteiger charge is 2.49. The predicted molar refractivity (Wildman–Crippen MR) is 378 cm³/mol. The molecule has 0 saturated carbocycles. The Labute approximate surface area is 525 Å². The van der Waals surface area contributed by atoms with Crippen LogP contribution in [0.2, 0.25) is 0 Å². The van der Waals surface area contributed by atoms with Gasteiger partial charge in [0.05, 0.1) is 22.7 Å². The van der Waals surface area contributed by atoms with E-state index in [1.165, 1.54) is 83.8 Å². The molecule has 0 saturated heterocycles. The Kier molecular flexibility index (Phi) is 12.7. The molecule has 0 spiro atoms. The van der Waals surface area contributed by atoms with Crippen molar-refractivity contribution in [1.82, 2.24) is 0 Å². The SMILES string of the molecule is CC(C)c1ccc(N2c3cccc4c3B(c3ccc(C(C)C)cc3N4c3ccc(C(C)CCC(C)(C)c4ccc(N5c6cccc7c6B(c6ccccc6N7c6ccccc6)c6oc7ccc(C(C)(C)C)cc7c65)cc4)cc3)c3oc4ccccc4c32)cc1. The van der Waals surface area contributed by atoms with E-state index in [1.54, 1.807) is 0 Å². The van der Waals surface area contributed by atoms with Crippen LogP contribution in [0.5, 0.6) is 0 Å². The number of fused-ring (bicyclic) bond motifs is 12. The molecule has 10 aromatic carbocycles. The first-order chi connectivity index (χ1) is 43.1. The van der Waals surface area contributed by atoms with E-state index in [-0.39, 0.29) is 24.3 Å². The van der Waals surface area contributed by atoms with Gasteiger partial charge >= 0.3 is 0 Å². The first-order valence-corrected chi connectivity index (χ1v) is 32.2. The summed E-state index contributed by atoms with van der Waals surface area (Å²) in [6.07, 6.45) is 2.08. The summed E-state index contributed by atoms with van der Waals surface area (Å²) in [6.45, 7) is 23.1. The lowest BCUT2D eigenvalue weighted by Crippen LogP contribution is -2.61. The van der Waals surface area contributed by atoms with Gasteiger partial charge in [-0.1, -0.05) is 184 Å². The molecule has 0 amide bonds. The smallest absolute Gasteiger partial charge is 0.297 e. The van der Waals surface area contributed by atoms with Gasteiger partial charge in [-0.3, -0.25) is 0 Å². The number of furan rings is 2. The van der Waals surface area contributed by atoms with Crippen LogP contribution in [0.4, 0.5) is 68.2 Å². The van der Waals surface area contributed by atoms with Crippen LogP contribution in [0.3, 0.4) is 0 Å². The van der Waals surface area contributed by atoms with Gasteiger partial charge in [-0.2, -0.15) is 0 Å². The van der Waals surface area contributed by atoms with Crippen molar-refractivity contribution in [1.29, 1.82) is 0 Å². The Balaban J connectivity index is 0.717. The molecule has 6 heterocycles. The maximum Gasteiger partial charge on any atom is 0.297 e. The monoisotopic (exact) mass is 1160 g/mol. The van der Waals surface area contributed by atoms with Gasteiger partial charge in [0.25, 0.3) is 13.4 Å². The molecule has 0 N–H and O–H groups in total. The fourth-order valence-corrected chi connectivity index (χ4v) is 15.2. The summed E-state index contributed by atoms with van der Waals surface area (Å²) in [5.41, 5.74) is 29.3. The molecule has 436 valence electrons. The molecule has 4 aliphatic rings. The van der Waals surface area contributed by atoms with Gasteiger partial charge in [0.2, 0.25) is 0 Å². The third-order valence-electron chi connectivity index (χ3n) is 20.2. The van der Waals surface area contributed by atoms with Crippen LogP contribution >= 0.6 is 0 Å². The van der Waals surface area contributed by atoms with Crippen LogP contribution in [0.1, 0.15) is 128 Å². The first kappa shape index (κ1) is 55.0. The Morgan fingerprint density at radius 3 is 1.45 bits per heavy atom. The standard InChI is InChI=1S/C81H74B2N4O2/c1-50(2)53-30-38-60(39-31-53)86-69-27-19-26-68-75(69)83(78-76(86)62-22-14-17-29-72(62)88-78)65-44-34-55(51(3)4)48-71(65)85(68)59-40-32-54(33-41-59)52(5)46-47-81(9,10)56-35-42-61(43-36-56)87-70-28-18-25-67-74(70)82(64-23-15-16-24-66(64)84(67)58-20-12-11-13-21-58)79-77(87)63-49-57(80(6,7)8)37-45-73(63)89-79/h11-45,48-52H,46-47H2,1-10H3. The number of nitrogens with zero attached hydrogens (tertiary/aromatic N) is 4. The second kappa shape index (κ2) is 20.6. The third-order valence-corrected chi connectivity index (χ3v) is 20.2. The van der Waals surface area contributed by atoms with Crippen molar-refractivity contribution in [3.63, 3.8) is 0 Å². The molecule has 0 radical (unpaired) electrons. The molecular formula is C81H74B2N4O2. The Morgan fingerprint density at radius 2 is 0.831 bits per heavy atom. The van der Waals surface area contributed by atoms with E-state index in [4.69, 9.17) is 8.83 Å². The highest BCUT2D eigenvalue weighted by atomic mass is 16.3. The number of hydrogen-bond acceptors (Lipinski definition) is 6. The largest absolute Gasteiger partial charge is 0.468 e. The second-order valence-corrected chi connectivity index (χ2v) is 27.8. The van der Waals surface area contributed by atoms with E-state index < -0.39 is 0 Å². The van der Waals surface area contributed by atoms with Crippen molar-refractivity contribution in [2.75, 3.05) is 19.6 Å². The average Bonchev–Trinajstić information content (AvgIpc) is 1.70. The molecule has 1 unspecified atom stereocenters. The molecule has 1 atom stereocenters. The number of rotatable bonds is 11. The molecular weight excluding hydrogens is 1080 g/mol. The van der Waals surface area contributed by atoms with Crippen molar-refractivity contribution in [2.45, 2.75) is 111 Å². The molecule has 12 aromatic rings. The van der Waals surface area contributed by atoms with Crippen LogP contribution in [0.25, 0.3) is 21.9 Å². The van der Waals surface area contributed by atoms with E-state index in [1.807, 2.05) is 0 Å². The van der Waals surface area contributed by atoms with E-state index >= 15 is 0 Å². The normalized spacial score (nSPS) is 14.3. The number of hydrogen-bond donors (Lipinski definition) is 0. The molecule has 6 nitrogen and oxygen atoms in total. The summed E-state index contributed by atoms with van der Waals surface area (Å²) >= 11 is 0. The lowest BCUT2D eigenvalue weighted by Gasteiger charge is -2.42. The number of para-hydroxylation sites is 3. The Morgan fingerprint density at radius 1 is 0.371 bits per heavy atom. The topological polar surface area (TPSA) is 39.2 Å². The van der Waals surface area contributed by atoms with Crippen molar-refractivity contribution >= 4 is 137 Å². The van der Waals surface area contributed by atoms with Gasteiger partial charge in [0.15, 0.2) is 0 Å². The highest BCUT2D eigenvalue weighted by Crippen LogP contribution is 2.50. The summed E-state index contributed by atoms with van der Waals surface area (Å²) in [7, 11) is 0. The lowest BCUT2D eigenvalue weighted by molar-refractivity contribution is 0.439. The zero-order valence-corrected chi connectivity index (χ0v) is 52.8. The van der Waals surface area contributed by atoms with Crippen molar-refractivity contribution < 1.29 is 8.83 Å². The molecule has 8 heteroatoms. The molecule has 2 aromatic heterocycles. The first-order valence-electron chi connectivity index (χ1n) is 32.2. The quantitative estimate of drug-likeness (QED) is 0.120. The molecule has 89 heavy (non-hydrogen) atoms. The summed E-state index contributed by atoms with van der Waals surface area (Å²) in [5.74, 6) is 1.15. The van der Waals surface area contributed by atoms with Crippen LogP contribution in [-0.4, -0.2) is 13.4 Å². The number of anilines is 12. The maximum absolute atomic E-state index is 7.20. The van der Waals surface area contributed by atoms with Gasteiger partial charge in [-0.05, 0) is 200 Å². The fraction of sp³-hybridized carbons (Fsp3) is 0.210. The minimum atomic E-state index is -0.0841. The summed E-state index contributed by atoms with van der Waals surface area (Å²) in [5, 5.41) is 2.27. The van der Waals surface area contributed by atoms with Crippen LogP contribution < -0.4 is 52.8 Å².